The lowest BCUT2D eigenvalue weighted by molar-refractivity contribution is 0.0735. The van der Waals surface area contributed by atoms with E-state index >= 15 is 0 Å². The van der Waals surface area contributed by atoms with Gasteiger partial charge in [0.2, 0.25) is 0 Å². The molecule has 5 heteroatoms. The summed E-state index contributed by atoms with van der Waals surface area (Å²) in [5, 5.41) is 0.231. The molecule has 4 nitrogen and oxygen atoms in total. The third-order valence-corrected chi connectivity index (χ3v) is 3.59. The van der Waals surface area contributed by atoms with Crippen molar-refractivity contribution in [3.05, 3.63) is 23.0 Å². The number of pyridine rings is 1. The third-order valence-electron chi connectivity index (χ3n) is 3.29. The van der Waals surface area contributed by atoms with Crippen molar-refractivity contribution in [1.29, 1.82) is 0 Å². The van der Waals surface area contributed by atoms with E-state index in [0.29, 0.717) is 23.2 Å². The molecule has 0 aromatic carbocycles. The van der Waals surface area contributed by atoms with Crippen LogP contribution in [0.5, 0.6) is 0 Å². The summed E-state index contributed by atoms with van der Waals surface area (Å²) in [6.45, 7) is 5.08. The summed E-state index contributed by atoms with van der Waals surface area (Å²) in [6.07, 6.45) is 4.62. The number of hydrogen-bond donors (Lipinski definition) is 1. The van der Waals surface area contributed by atoms with Crippen LogP contribution in [0.25, 0.3) is 0 Å². The fourth-order valence-corrected chi connectivity index (χ4v) is 2.19. The van der Waals surface area contributed by atoms with Gasteiger partial charge in [0.25, 0.3) is 5.91 Å². The summed E-state index contributed by atoms with van der Waals surface area (Å²) in [6, 6.07) is 1.98. The van der Waals surface area contributed by atoms with Gasteiger partial charge < -0.3 is 10.6 Å². The Bertz CT molecular complexity index is 472. The van der Waals surface area contributed by atoms with Crippen molar-refractivity contribution in [1.82, 2.24) is 9.88 Å². The standard InChI is InChI=1S/C14H20ClN3O/c1-9(2)5-6-18(11-3-4-11)14(19)12-7-10(16)8-17-13(12)15/h7-9,11H,3-6,16H2,1-2H3. The summed E-state index contributed by atoms with van der Waals surface area (Å²) < 4.78 is 0. The van der Waals surface area contributed by atoms with Crippen LogP contribution in [0, 0.1) is 5.92 Å². The lowest BCUT2D eigenvalue weighted by Gasteiger charge is -2.23. The molecule has 19 heavy (non-hydrogen) atoms. The molecule has 0 unspecified atom stereocenters. The average Bonchev–Trinajstić information content (AvgIpc) is 3.16. The van der Waals surface area contributed by atoms with Crippen LogP contribution >= 0.6 is 11.6 Å². The van der Waals surface area contributed by atoms with Crippen molar-refractivity contribution in [3.63, 3.8) is 0 Å². The lowest BCUT2D eigenvalue weighted by Crippen LogP contribution is -2.35. The Hall–Kier alpha value is -1.29. The van der Waals surface area contributed by atoms with E-state index in [4.69, 9.17) is 17.3 Å². The Morgan fingerprint density at radius 2 is 2.26 bits per heavy atom. The number of rotatable bonds is 5. The van der Waals surface area contributed by atoms with E-state index < -0.39 is 0 Å². The van der Waals surface area contributed by atoms with Gasteiger partial charge in [-0.05, 0) is 31.2 Å². The predicted molar refractivity (Wildman–Crippen MR) is 77.2 cm³/mol. The molecule has 1 amide bonds. The first-order valence-electron chi connectivity index (χ1n) is 6.71. The Morgan fingerprint density at radius 1 is 1.58 bits per heavy atom. The minimum Gasteiger partial charge on any atom is -0.397 e. The van der Waals surface area contributed by atoms with Crippen LogP contribution in [0.2, 0.25) is 5.15 Å². The number of halogens is 1. The fourth-order valence-electron chi connectivity index (χ4n) is 2.00. The van der Waals surface area contributed by atoms with Crippen molar-refractivity contribution < 1.29 is 4.79 Å². The van der Waals surface area contributed by atoms with Gasteiger partial charge >= 0.3 is 0 Å². The molecule has 2 N–H and O–H groups in total. The van der Waals surface area contributed by atoms with Gasteiger partial charge in [0.1, 0.15) is 5.15 Å². The first-order valence-corrected chi connectivity index (χ1v) is 7.09. The van der Waals surface area contributed by atoms with Crippen molar-refractivity contribution >= 4 is 23.2 Å². The Balaban J connectivity index is 2.16. The molecule has 0 saturated heterocycles. The second kappa shape index (κ2) is 5.78. The maximum Gasteiger partial charge on any atom is 0.257 e. The summed E-state index contributed by atoms with van der Waals surface area (Å²) >= 11 is 6.01. The van der Waals surface area contributed by atoms with E-state index in [1.807, 2.05) is 4.90 Å². The van der Waals surface area contributed by atoms with Gasteiger partial charge in [0.15, 0.2) is 0 Å². The zero-order valence-electron chi connectivity index (χ0n) is 11.4. The van der Waals surface area contributed by atoms with Crippen LogP contribution in [-0.4, -0.2) is 28.4 Å². The molecule has 1 aromatic rings. The van der Waals surface area contributed by atoms with E-state index in [1.165, 1.54) is 6.20 Å². The first kappa shape index (κ1) is 14.1. The Morgan fingerprint density at radius 3 is 2.84 bits per heavy atom. The maximum atomic E-state index is 12.6. The molecule has 0 spiro atoms. The van der Waals surface area contributed by atoms with Gasteiger partial charge in [-0.3, -0.25) is 4.79 Å². The molecule has 0 aliphatic heterocycles. The van der Waals surface area contributed by atoms with Crippen molar-refractivity contribution in [2.45, 2.75) is 39.2 Å². The van der Waals surface area contributed by atoms with Crippen LogP contribution in [0.3, 0.4) is 0 Å². The number of nitrogens with two attached hydrogens (primary N) is 1. The molecular weight excluding hydrogens is 262 g/mol. The number of carbonyl (C=O) groups excluding carboxylic acids is 1. The molecule has 1 aliphatic carbocycles. The smallest absolute Gasteiger partial charge is 0.257 e. The topological polar surface area (TPSA) is 59.2 Å². The van der Waals surface area contributed by atoms with Crippen LogP contribution in [0.4, 0.5) is 5.69 Å². The molecule has 1 aromatic heterocycles. The normalized spacial score (nSPS) is 14.7. The molecule has 1 heterocycles. The number of hydrogen-bond acceptors (Lipinski definition) is 3. The third kappa shape index (κ3) is 3.60. The molecule has 2 rings (SSSR count). The van der Waals surface area contributed by atoms with Gasteiger partial charge in [0, 0.05) is 12.6 Å². The minimum absolute atomic E-state index is 0.0482. The van der Waals surface area contributed by atoms with Gasteiger partial charge in [-0.15, -0.1) is 0 Å². The predicted octanol–water partition coefficient (Wildman–Crippen LogP) is 2.97. The highest BCUT2D eigenvalue weighted by Crippen LogP contribution is 2.30. The summed E-state index contributed by atoms with van der Waals surface area (Å²) in [4.78, 5) is 18.4. The van der Waals surface area contributed by atoms with Crippen molar-refractivity contribution in [3.8, 4) is 0 Å². The summed E-state index contributed by atoms with van der Waals surface area (Å²) in [5.41, 5.74) is 6.57. The molecule has 1 saturated carbocycles. The molecule has 104 valence electrons. The second-order valence-corrected chi connectivity index (χ2v) is 5.88. The van der Waals surface area contributed by atoms with Crippen LogP contribution in [-0.2, 0) is 0 Å². The molecule has 1 aliphatic rings. The number of anilines is 1. The Labute approximate surface area is 118 Å². The van der Waals surface area contributed by atoms with Gasteiger partial charge in [-0.2, -0.15) is 0 Å². The summed E-state index contributed by atoms with van der Waals surface area (Å²) in [5.74, 6) is 0.524. The van der Waals surface area contributed by atoms with Gasteiger partial charge in [0.05, 0.1) is 17.4 Å². The van der Waals surface area contributed by atoms with E-state index in [0.717, 1.165) is 25.8 Å². The van der Waals surface area contributed by atoms with E-state index in [9.17, 15) is 4.79 Å². The monoisotopic (exact) mass is 281 g/mol. The second-order valence-electron chi connectivity index (χ2n) is 5.52. The fraction of sp³-hybridized carbons (Fsp3) is 0.571. The van der Waals surface area contributed by atoms with E-state index in [1.54, 1.807) is 6.07 Å². The number of amides is 1. The molecular formula is C14H20ClN3O. The van der Waals surface area contributed by atoms with Gasteiger partial charge in [-0.25, -0.2) is 4.98 Å². The molecule has 1 fully saturated rings. The van der Waals surface area contributed by atoms with E-state index in [-0.39, 0.29) is 11.1 Å². The molecule has 0 radical (unpaired) electrons. The van der Waals surface area contributed by atoms with Crippen LogP contribution in [0.15, 0.2) is 12.3 Å². The maximum absolute atomic E-state index is 12.6. The SMILES string of the molecule is CC(C)CCN(C(=O)c1cc(N)cnc1Cl)C1CC1. The van der Waals surface area contributed by atoms with Crippen LogP contribution < -0.4 is 5.73 Å². The zero-order valence-corrected chi connectivity index (χ0v) is 12.2. The Kier molecular flexibility index (Phi) is 4.30. The van der Waals surface area contributed by atoms with Crippen LogP contribution in [0.1, 0.15) is 43.5 Å². The van der Waals surface area contributed by atoms with Gasteiger partial charge in [-0.1, -0.05) is 25.4 Å². The number of aromatic nitrogens is 1. The highest BCUT2D eigenvalue weighted by atomic mass is 35.5. The minimum atomic E-state index is -0.0482. The number of nitrogen functional groups attached to an aromatic ring is 1. The zero-order chi connectivity index (χ0) is 14.0. The largest absolute Gasteiger partial charge is 0.397 e. The average molecular weight is 282 g/mol. The van der Waals surface area contributed by atoms with E-state index in [2.05, 4.69) is 18.8 Å². The van der Waals surface area contributed by atoms with Crippen molar-refractivity contribution in [2.24, 2.45) is 5.92 Å². The van der Waals surface area contributed by atoms with Crippen molar-refractivity contribution in [2.75, 3.05) is 12.3 Å². The molecule has 0 atom stereocenters. The number of carbonyl (C=O) groups is 1. The summed E-state index contributed by atoms with van der Waals surface area (Å²) in [7, 11) is 0. The first-order chi connectivity index (χ1) is 8.99. The highest BCUT2D eigenvalue weighted by molar-refractivity contribution is 6.32. The number of nitrogens with zero attached hydrogens (tertiary/aromatic N) is 2. The highest BCUT2D eigenvalue weighted by Gasteiger charge is 2.33. The lowest BCUT2D eigenvalue weighted by atomic mass is 10.1. The molecule has 0 bridgehead atoms. The quantitative estimate of drug-likeness (QED) is 0.844.